The lowest BCUT2D eigenvalue weighted by Gasteiger charge is -2.19. The summed E-state index contributed by atoms with van der Waals surface area (Å²) in [6, 6.07) is 3.64. The molecule has 0 saturated carbocycles. The van der Waals surface area contributed by atoms with E-state index in [9.17, 15) is 20.0 Å². The third-order valence-corrected chi connectivity index (χ3v) is 3.86. The molecule has 0 radical (unpaired) electrons. The molecule has 0 aliphatic rings. The van der Waals surface area contributed by atoms with Gasteiger partial charge in [0.1, 0.15) is 0 Å². The van der Waals surface area contributed by atoms with Crippen LogP contribution < -0.4 is 0 Å². The van der Waals surface area contributed by atoms with Crippen molar-refractivity contribution in [3.05, 3.63) is 33.9 Å². The Labute approximate surface area is 132 Å². The smallest absolute Gasteiger partial charge is 0.328 e. The number of hydrogen-bond acceptors (Lipinski definition) is 6. The predicted molar refractivity (Wildman–Crippen MR) is 80.8 cm³/mol. The summed E-state index contributed by atoms with van der Waals surface area (Å²) < 4.78 is 1.21. The van der Waals surface area contributed by atoms with Crippen LogP contribution in [0.15, 0.2) is 18.2 Å². The molecule has 0 saturated heterocycles. The summed E-state index contributed by atoms with van der Waals surface area (Å²) in [6.07, 6.45) is 0.629. The average molecular weight is 319 g/mol. The molecule has 0 aliphatic carbocycles. The van der Waals surface area contributed by atoms with Crippen LogP contribution in [0.25, 0.3) is 11.4 Å². The van der Waals surface area contributed by atoms with Crippen molar-refractivity contribution in [2.24, 2.45) is 5.92 Å². The van der Waals surface area contributed by atoms with Gasteiger partial charge in [0.05, 0.1) is 4.92 Å². The van der Waals surface area contributed by atoms with Crippen LogP contribution in [0.3, 0.4) is 0 Å². The number of benzene rings is 1. The van der Waals surface area contributed by atoms with E-state index < -0.39 is 16.9 Å². The van der Waals surface area contributed by atoms with E-state index in [2.05, 4.69) is 15.5 Å². The summed E-state index contributed by atoms with van der Waals surface area (Å²) in [5.74, 6) is -1.05. The quantitative estimate of drug-likeness (QED) is 0.639. The van der Waals surface area contributed by atoms with Crippen molar-refractivity contribution >= 4 is 11.7 Å². The number of aliphatic carboxylic acids is 1. The van der Waals surface area contributed by atoms with Gasteiger partial charge in [0.25, 0.3) is 5.69 Å². The van der Waals surface area contributed by atoms with Crippen molar-refractivity contribution in [2.75, 3.05) is 0 Å². The lowest BCUT2D eigenvalue weighted by molar-refractivity contribution is -0.385. The Morgan fingerprint density at radius 1 is 1.48 bits per heavy atom. The van der Waals surface area contributed by atoms with Gasteiger partial charge in [-0.1, -0.05) is 32.4 Å². The third-order valence-electron chi connectivity index (χ3n) is 3.86. The molecule has 122 valence electrons. The Morgan fingerprint density at radius 3 is 2.74 bits per heavy atom. The number of nitro benzene ring substituents is 1. The lowest BCUT2D eigenvalue weighted by atomic mass is 9.99. The number of hydrogen-bond donors (Lipinski definition) is 1. The SMILES string of the molecule is CCC(C)C(C(=O)O)n1nnnc1-c1ccc(C)c([N+](=O)[O-])c1. The number of rotatable bonds is 6. The Morgan fingerprint density at radius 2 is 2.17 bits per heavy atom. The van der Waals surface area contributed by atoms with Crippen molar-refractivity contribution < 1.29 is 14.8 Å². The second kappa shape index (κ2) is 6.51. The molecule has 0 bridgehead atoms. The number of nitrogens with zero attached hydrogens (tertiary/aromatic N) is 5. The van der Waals surface area contributed by atoms with Gasteiger partial charge in [0.2, 0.25) is 0 Å². The van der Waals surface area contributed by atoms with Crippen LogP contribution in [0, 0.1) is 23.0 Å². The number of carboxylic acids is 1. The molecule has 1 aromatic carbocycles. The Hall–Kier alpha value is -2.84. The number of aryl methyl sites for hydroxylation is 1. The minimum Gasteiger partial charge on any atom is -0.480 e. The van der Waals surface area contributed by atoms with Gasteiger partial charge in [0.15, 0.2) is 11.9 Å². The monoisotopic (exact) mass is 319 g/mol. The molecular formula is C14H17N5O4. The zero-order chi connectivity index (χ0) is 17.1. The van der Waals surface area contributed by atoms with Gasteiger partial charge < -0.3 is 5.11 Å². The van der Waals surface area contributed by atoms with Crippen molar-refractivity contribution in [3.8, 4) is 11.4 Å². The standard InChI is InChI=1S/C14H17N5O4/c1-4-8(2)12(14(20)21)18-13(15-16-17-18)10-6-5-9(3)11(7-10)19(22)23/h5-8,12H,4H2,1-3H3,(H,20,21). The van der Waals surface area contributed by atoms with E-state index in [1.807, 2.05) is 6.92 Å². The normalized spacial score (nSPS) is 13.5. The second-order valence-corrected chi connectivity index (χ2v) is 5.37. The van der Waals surface area contributed by atoms with Gasteiger partial charge in [0, 0.05) is 17.2 Å². The van der Waals surface area contributed by atoms with Crippen LogP contribution >= 0.6 is 0 Å². The van der Waals surface area contributed by atoms with Gasteiger partial charge in [-0.25, -0.2) is 9.48 Å². The van der Waals surface area contributed by atoms with Crippen LogP contribution in [0.2, 0.25) is 0 Å². The van der Waals surface area contributed by atoms with E-state index in [-0.39, 0.29) is 17.4 Å². The molecule has 9 heteroatoms. The summed E-state index contributed by atoms with van der Waals surface area (Å²) in [4.78, 5) is 22.2. The molecule has 0 spiro atoms. The highest BCUT2D eigenvalue weighted by Crippen LogP contribution is 2.29. The number of nitro groups is 1. The maximum Gasteiger partial charge on any atom is 0.328 e. The topological polar surface area (TPSA) is 124 Å². The lowest BCUT2D eigenvalue weighted by Crippen LogP contribution is -2.27. The molecule has 1 aromatic heterocycles. The molecule has 1 N–H and O–H groups in total. The highest BCUT2D eigenvalue weighted by Gasteiger charge is 2.30. The van der Waals surface area contributed by atoms with Crippen LogP contribution in [-0.4, -0.2) is 36.2 Å². The molecule has 2 rings (SSSR count). The maximum absolute atomic E-state index is 11.6. The number of aromatic nitrogens is 4. The fourth-order valence-electron chi connectivity index (χ4n) is 2.33. The Bertz CT molecular complexity index is 743. The first kappa shape index (κ1) is 16.5. The van der Waals surface area contributed by atoms with Crippen LogP contribution in [0.1, 0.15) is 31.9 Å². The molecule has 0 aliphatic heterocycles. The summed E-state index contributed by atoms with van der Waals surface area (Å²) >= 11 is 0. The number of carbonyl (C=O) groups is 1. The van der Waals surface area contributed by atoms with Crippen LogP contribution in [0.4, 0.5) is 5.69 Å². The van der Waals surface area contributed by atoms with E-state index in [0.29, 0.717) is 17.5 Å². The van der Waals surface area contributed by atoms with Gasteiger partial charge >= 0.3 is 5.97 Å². The van der Waals surface area contributed by atoms with E-state index in [0.717, 1.165) is 0 Å². The zero-order valence-electron chi connectivity index (χ0n) is 13.0. The van der Waals surface area contributed by atoms with Crippen molar-refractivity contribution in [3.63, 3.8) is 0 Å². The predicted octanol–water partition coefficient (Wildman–Crippen LogP) is 2.23. The van der Waals surface area contributed by atoms with Gasteiger partial charge in [-0.05, 0) is 23.3 Å². The molecule has 9 nitrogen and oxygen atoms in total. The van der Waals surface area contributed by atoms with E-state index >= 15 is 0 Å². The molecule has 23 heavy (non-hydrogen) atoms. The van der Waals surface area contributed by atoms with Crippen LogP contribution in [-0.2, 0) is 4.79 Å². The van der Waals surface area contributed by atoms with E-state index in [1.54, 1.807) is 26.0 Å². The highest BCUT2D eigenvalue weighted by molar-refractivity contribution is 5.73. The summed E-state index contributed by atoms with van der Waals surface area (Å²) in [5.41, 5.74) is 0.851. The highest BCUT2D eigenvalue weighted by atomic mass is 16.6. The second-order valence-electron chi connectivity index (χ2n) is 5.37. The number of tetrazole rings is 1. The molecule has 2 atom stereocenters. The minimum absolute atomic E-state index is 0.0625. The number of carboxylic acid groups (broad SMARTS) is 1. The van der Waals surface area contributed by atoms with Crippen molar-refractivity contribution in [1.29, 1.82) is 0 Å². The minimum atomic E-state index is -1.05. The van der Waals surface area contributed by atoms with Crippen LogP contribution in [0.5, 0.6) is 0 Å². The van der Waals surface area contributed by atoms with Gasteiger partial charge in [-0.2, -0.15) is 0 Å². The fraction of sp³-hybridized carbons (Fsp3) is 0.429. The first-order valence-corrected chi connectivity index (χ1v) is 7.12. The summed E-state index contributed by atoms with van der Waals surface area (Å²) in [7, 11) is 0. The van der Waals surface area contributed by atoms with Gasteiger partial charge in [-0.15, -0.1) is 5.10 Å². The first-order chi connectivity index (χ1) is 10.9. The van der Waals surface area contributed by atoms with E-state index in [4.69, 9.17) is 0 Å². The average Bonchev–Trinajstić information content (AvgIpc) is 2.96. The third kappa shape index (κ3) is 3.17. The zero-order valence-corrected chi connectivity index (χ0v) is 13.0. The summed E-state index contributed by atoms with van der Waals surface area (Å²) in [6.45, 7) is 5.30. The molecule has 2 unspecified atom stereocenters. The molecule has 2 aromatic rings. The first-order valence-electron chi connectivity index (χ1n) is 7.12. The molecular weight excluding hydrogens is 302 g/mol. The summed E-state index contributed by atoms with van der Waals surface area (Å²) in [5, 5.41) is 31.7. The van der Waals surface area contributed by atoms with Crippen molar-refractivity contribution in [2.45, 2.75) is 33.2 Å². The fourth-order valence-corrected chi connectivity index (χ4v) is 2.33. The molecule has 1 heterocycles. The van der Waals surface area contributed by atoms with E-state index in [1.165, 1.54) is 10.7 Å². The largest absolute Gasteiger partial charge is 0.480 e. The Balaban J connectivity index is 2.55. The van der Waals surface area contributed by atoms with Crippen molar-refractivity contribution in [1.82, 2.24) is 20.2 Å². The Kier molecular flexibility index (Phi) is 4.68. The maximum atomic E-state index is 11.6. The van der Waals surface area contributed by atoms with Gasteiger partial charge in [-0.3, -0.25) is 10.1 Å². The molecule has 0 fully saturated rings. The molecule has 0 amide bonds.